The van der Waals surface area contributed by atoms with E-state index in [0.29, 0.717) is 17.1 Å². The first kappa shape index (κ1) is 19.6. The molecule has 0 radical (unpaired) electrons. The third kappa shape index (κ3) is 4.58. The standard InChI is InChI=1S/C19H17ClFN3O4/c20-15-8-12(1-6-16(15)21)23-17(25)10-28-14-4-2-13(3-5-14)24-9-11(19(22)27)7-18(24)26/h1-6,8,11H,7,9-10H2,(H2,22,27)(H,23,25)/t11-/m0/s1. The Bertz CT molecular complexity index is 920. The molecule has 0 bridgehead atoms. The molecule has 3 N–H and O–H groups in total. The number of rotatable bonds is 6. The second-order valence-corrected chi connectivity index (χ2v) is 6.67. The van der Waals surface area contributed by atoms with E-state index in [4.69, 9.17) is 22.1 Å². The average Bonchev–Trinajstić information content (AvgIpc) is 3.06. The van der Waals surface area contributed by atoms with Crippen LogP contribution in [-0.2, 0) is 14.4 Å². The van der Waals surface area contributed by atoms with Crippen molar-refractivity contribution in [1.82, 2.24) is 0 Å². The molecule has 3 amide bonds. The highest BCUT2D eigenvalue weighted by atomic mass is 35.5. The lowest BCUT2D eigenvalue weighted by molar-refractivity contribution is -0.123. The lowest BCUT2D eigenvalue weighted by atomic mass is 10.1. The summed E-state index contributed by atoms with van der Waals surface area (Å²) in [5.74, 6) is -1.75. The maximum absolute atomic E-state index is 13.1. The van der Waals surface area contributed by atoms with Gasteiger partial charge in [-0.3, -0.25) is 14.4 Å². The number of carbonyl (C=O) groups is 3. The van der Waals surface area contributed by atoms with Crippen molar-refractivity contribution >= 4 is 40.7 Å². The summed E-state index contributed by atoms with van der Waals surface area (Å²) in [6.45, 7) is -0.0161. The van der Waals surface area contributed by atoms with Gasteiger partial charge < -0.3 is 20.7 Å². The maximum Gasteiger partial charge on any atom is 0.262 e. The topological polar surface area (TPSA) is 102 Å². The van der Waals surface area contributed by atoms with Crippen LogP contribution in [0.4, 0.5) is 15.8 Å². The van der Waals surface area contributed by atoms with Crippen molar-refractivity contribution in [3.8, 4) is 5.75 Å². The Morgan fingerprint density at radius 1 is 1.25 bits per heavy atom. The van der Waals surface area contributed by atoms with Crippen LogP contribution < -0.4 is 20.7 Å². The molecule has 9 heteroatoms. The number of hydrogen-bond acceptors (Lipinski definition) is 4. The molecule has 1 aliphatic rings. The van der Waals surface area contributed by atoms with Gasteiger partial charge in [-0.15, -0.1) is 0 Å². The molecule has 1 fully saturated rings. The lowest BCUT2D eigenvalue weighted by Gasteiger charge is -2.16. The predicted octanol–water partition coefficient (Wildman–Crippen LogP) is 2.33. The number of benzene rings is 2. The van der Waals surface area contributed by atoms with Gasteiger partial charge in [0.1, 0.15) is 11.6 Å². The molecule has 28 heavy (non-hydrogen) atoms. The summed E-state index contributed by atoms with van der Waals surface area (Å²) in [7, 11) is 0. The summed E-state index contributed by atoms with van der Waals surface area (Å²) in [5.41, 5.74) is 6.23. The van der Waals surface area contributed by atoms with Crippen molar-refractivity contribution in [3.05, 3.63) is 53.3 Å². The molecule has 1 saturated heterocycles. The number of halogens is 2. The minimum Gasteiger partial charge on any atom is -0.484 e. The number of nitrogens with zero attached hydrogens (tertiary/aromatic N) is 1. The summed E-state index contributed by atoms with van der Waals surface area (Å²) < 4.78 is 18.5. The van der Waals surface area contributed by atoms with Crippen LogP contribution in [0.1, 0.15) is 6.42 Å². The fourth-order valence-electron chi connectivity index (χ4n) is 2.79. The molecular weight excluding hydrogens is 389 g/mol. The molecule has 1 atom stereocenters. The highest BCUT2D eigenvalue weighted by molar-refractivity contribution is 6.31. The van der Waals surface area contributed by atoms with Crippen molar-refractivity contribution in [1.29, 1.82) is 0 Å². The number of carbonyl (C=O) groups excluding carboxylic acids is 3. The molecule has 0 aliphatic carbocycles. The molecule has 3 rings (SSSR count). The molecule has 0 aromatic heterocycles. The molecule has 0 spiro atoms. The summed E-state index contributed by atoms with van der Waals surface area (Å²) in [5, 5.41) is 2.45. The Balaban J connectivity index is 1.54. The lowest BCUT2D eigenvalue weighted by Crippen LogP contribution is -2.28. The molecule has 2 aromatic carbocycles. The summed E-state index contributed by atoms with van der Waals surface area (Å²) >= 11 is 5.66. The Morgan fingerprint density at radius 3 is 2.57 bits per heavy atom. The van der Waals surface area contributed by atoms with Gasteiger partial charge in [-0.05, 0) is 42.5 Å². The molecule has 0 unspecified atom stereocenters. The molecule has 0 saturated carbocycles. The first-order valence-corrected chi connectivity index (χ1v) is 8.78. The fraction of sp³-hybridized carbons (Fsp3) is 0.211. The maximum atomic E-state index is 13.1. The van der Waals surface area contributed by atoms with E-state index in [1.807, 2.05) is 0 Å². The quantitative estimate of drug-likeness (QED) is 0.770. The van der Waals surface area contributed by atoms with E-state index in [0.717, 1.165) is 6.07 Å². The third-order valence-electron chi connectivity index (χ3n) is 4.25. The van der Waals surface area contributed by atoms with Crippen molar-refractivity contribution in [2.24, 2.45) is 11.7 Å². The number of hydrogen-bond donors (Lipinski definition) is 2. The van der Waals surface area contributed by atoms with Crippen molar-refractivity contribution in [3.63, 3.8) is 0 Å². The van der Waals surface area contributed by atoms with E-state index in [-0.39, 0.29) is 30.5 Å². The molecule has 1 aliphatic heterocycles. The summed E-state index contributed by atoms with van der Waals surface area (Å²) in [6.07, 6.45) is 0.0984. The second kappa shape index (κ2) is 8.26. The molecule has 2 aromatic rings. The number of amides is 3. The smallest absolute Gasteiger partial charge is 0.262 e. The van der Waals surface area contributed by atoms with E-state index in [1.54, 1.807) is 24.3 Å². The van der Waals surface area contributed by atoms with Gasteiger partial charge in [-0.2, -0.15) is 0 Å². The Labute approximate surface area is 165 Å². The normalized spacial score (nSPS) is 16.1. The minimum atomic E-state index is -0.574. The molecular formula is C19H17ClFN3O4. The Kier molecular flexibility index (Phi) is 5.79. The SMILES string of the molecule is NC(=O)[C@H]1CC(=O)N(c2ccc(OCC(=O)Nc3ccc(F)c(Cl)c3)cc2)C1. The molecule has 7 nitrogen and oxygen atoms in total. The fourth-order valence-corrected chi connectivity index (χ4v) is 2.97. The number of anilines is 2. The van der Waals surface area contributed by atoms with E-state index in [2.05, 4.69) is 5.32 Å². The number of primary amides is 1. The van der Waals surface area contributed by atoms with Crippen LogP contribution >= 0.6 is 11.6 Å². The van der Waals surface area contributed by atoms with Crippen molar-refractivity contribution < 1.29 is 23.5 Å². The van der Waals surface area contributed by atoms with Crippen LogP contribution in [-0.4, -0.2) is 30.9 Å². The Hall–Kier alpha value is -3.13. The number of nitrogens with two attached hydrogens (primary N) is 1. The highest BCUT2D eigenvalue weighted by Crippen LogP contribution is 2.26. The minimum absolute atomic E-state index is 0.0932. The number of ether oxygens (including phenoxy) is 1. The van der Waals surface area contributed by atoms with Crippen LogP contribution in [0.5, 0.6) is 5.75 Å². The predicted molar refractivity (Wildman–Crippen MR) is 102 cm³/mol. The first-order chi connectivity index (χ1) is 13.3. The monoisotopic (exact) mass is 405 g/mol. The van der Waals surface area contributed by atoms with Crippen LogP contribution in [0, 0.1) is 11.7 Å². The largest absolute Gasteiger partial charge is 0.484 e. The first-order valence-electron chi connectivity index (χ1n) is 8.41. The third-order valence-corrected chi connectivity index (χ3v) is 4.54. The zero-order valence-electron chi connectivity index (χ0n) is 14.7. The summed E-state index contributed by atoms with van der Waals surface area (Å²) in [4.78, 5) is 36.7. The van der Waals surface area contributed by atoms with Gasteiger partial charge in [0.05, 0.1) is 10.9 Å². The van der Waals surface area contributed by atoms with Crippen LogP contribution in [0.2, 0.25) is 5.02 Å². The van der Waals surface area contributed by atoms with Gasteiger partial charge in [0.2, 0.25) is 11.8 Å². The van der Waals surface area contributed by atoms with Crippen molar-refractivity contribution in [2.75, 3.05) is 23.4 Å². The van der Waals surface area contributed by atoms with Gasteiger partial charge in [0, 0.05) is 24.3 Å². The van der Waals surface area contributed by atoms with E-state index < -0.39 is 23.5 Å². The van der Waals surface area contributed by atoms with Gasteiger partial charge in [0.15, 0.2) is 6.61 Å². The zero-order valence-corrected chi connectivity index (χ0v) is 15.4. The second-order valence-electron chi connectivity index (χ2n) is 6.27. The van der Waals surface area contributed by atoms with Gasteiger partial charge >= 0.3 is 0 Å². The summed E-state index contributed by atoms with van der Waals surface area (Å²) in [6, 6.07) is 10.4. The Morgan fingerprint density at radius 2 is 1.96 bits per heavy atom. The van der Waals surface area contributed by atoms with Crippen molar-refractivity contribution in [2.45, 2.75) is 6.42 Å². The van der Waals surface area contributed by atoms with Gasteiger partial charge in [0.25, 0.3) is 5.91 Å². The zero-order chi connectivity index (χ0) is 20.3. The average molecular weight is 406 g/mol. The number of nitrogens with one attached hydrogen (secondary N) is 1. The van der Waals surface area contributed by atoms with E-state index in [1.165, 1.54) is 17.0 Å². The van der Waals surface area contributed by atoms with Crippen LogP contribution in [0.25, 0.3) is 0 Å². The van der Waals surface area contributed by atoms with Gasteiger partial charge in [-0.25, -0.2) is 4.39 Å². The van der Waals surface area contributed by atoms with E-state index >= 15 is 0 Å². The van der Waals surface area contributed by atoms with Crippen LogP contribution in [0.15, 0.2) is 42.5 Å². The molecule has 1 heterocycles. The van der Waals surface area contributed by atoms with Crippen LogP contribution in [0.3, 0.4) is 0 Å². The van der Waals surface area contributed by atoms with Gasteiger partial charge in [-0.1, -0.05) is 11.6 Å². The molecule has 146 valence electrons. The van der Waals surface area contributed by atoms with E-state index in [9.17, 15) is 18.8 Å². The highest BCUT2D eigenvalue weighted by Gasteiger charge is 2.33.